The highest BCUT2D eigenvalue weighted by Gasteiger charge is 2.04. The van der Waals surface area contributed by atoms with Crippen LogP contribution in [-0.4, -0.2) is 25.6 Å². The Bertz CT molecular complexity index is 394. The van der Waals surface area contributed by atoms with Crippen LogP contribution in [0.3, 0.4) is 0 Å². The van der Waals surface area contributed by atoms with Gasteiger partial charge in [-0.15, -0.1) is 0 Å². The van der Waals surface area contributed by atoms with Gasteiger partial charge in [0.25, 0.3) is 0 Å². The van der Waals surface area contributed by atoms with E-state index in [1.54, 1.807) is 0 Å². The van der Waals surface area contributed by atoms with Gasteiger partial charge < -0.3 is 15.2 Å². The molecule has 1 amide bonds. The van der Waals surface area contributed by atoms with Gasteiger partial charge in [0.05, 0.1) is 5.56 Å². The molecule has 0 bridgehead atoms. The third kappa shape index (κ3) is 3.56. The molecule has 0 spiro atoms. The van der Waals surface area contributed by atoms with Gasteiger partial charge in [-0.2, -0.15) is 0 Å². The summed E-state index contributed by atoms with van der Waals surface area (Å²) in [7, 11) is 0. The summed E-state index contributed by atoms with van der Waals surface area (Å²) >= 11 is 0. The number of ether oxygens (including phenoxy) is 2. The quantitative estimate of drug-likeness (QED) is 0.603. The fraction of sp³-hybridized carbons (Fsp3) is 0.200. The Kier molecular flexibility index (Phi) is 4.26. The first-order valence-electron chi connectivity index (χ1n) is 4.43. The first-order valence-corrected chi connectivity index (χ1v) is 4.43. The van der Waals surface area contributed by atoms with Crippen molar-refractivity contribution in [2.75, 3.05) is 13.2 Å². The lowest BCUT2D eigenvalue weighted by Crippen LogP contribution is -2.17. The molecule has 1 rings (SSSR count). The second-order valence-corrected chi connectivity index (χ2v) is 2.82. The third-order valence-electron chi connectivity index (χ3n) is 1.69. The number of rotatable bonds is 5. The number of hydrogen-bond donors (Lipinski definition) is 1. The molecule has 0 saturated carbocycles. The first kappa shape index (κ1) is 12.0. The summed E-state index contributed by atoms with van der Waals surface area (Å²) in [5.74, 6) is -0.417. The summed E-state index contributed by atoms with van der Waals surface area (Å²) in [5, 5.41) is 0. The molecule has 86 valence electrons. The van der Waals surface area contributed by atoms with Crippen molar-refractivity contribution < 1.29 is 23.5 Å². The molecule has 0 aromatic heterocycles. The van der Waals surface area contributed by atoms with Gasteiger partial charge in [-0.1, -0.05) is 0 Å². The van der Waals surface area contributed by atoms with Crippen molar-refractivity contribution in [2.24, 2.45) is 5.73 Å². The van der Waals surface area contributed by atoms with Crippen molar-refractivity contribution in [3.8, 4) is 5.75 Å². The minimum absolute atomic E-state index is 0.00671. The second kappa shape index (κ2) is 5.69. The number of amides is 1. The van der Waals surface area contributed by atoms with Gasteiger partial charge in [0, 0.05) is 6.07 Å². The Morgan fingerprint density at radius 2 is 2.19 bits per heavy atom. The van der Waals surface area contributed by atoms with Gasteiger partial charge >= 0.3 is 6.09 Å². The summed E-state index contributed by atoms with van der Waals surface area (Å²) in [6.07, 6.45) is -0.373. The molecule has 0 aliphatic heterocycles. The maximum Gasteiger partial charge on any atom is 0.404 e. The maximum atomic E-state index is 12.8. The Morgan fingerprint density at radius 3 is 2.81 bits per heavy atom. The zero-order valence-electron chi connectivity index (χ0n) is 8.31. The van der Waals surface area contributed by atoms with Gasteiger partial charge in [0.2, 0.25) is 0 Å². The van der Waals surface area contributed by atoms with Crippen molar-refractivity contribution in [1.82, 2.24) is 0 Å². The van der Waals surface area contributed by atoms with Gasteiger partial charge in [-0.25, -0.2) is 9.18 Å². The van der Waals surface area contributed by atoms with E-state index in [-0.39, 0.29) is 24.5 Å². The zero-order chi connectivity index (χ0) is 12.0. The van der Waals surface area contributed by atoms with Crippen molar-refractivity contribution in [3.05, 3.63) is 29.6 Å². The molecule has 0 aliphatic carbocycles. The van der Waals surface area contributed by atoms with Crippen molar-refractivity contribution >= 4 is 12.4 Å². The number of benzene rings is 1. The molecule has 1 aromatic carbocycles. The van der Waals surface area contributed by atoms with Crippen LogP contribution in [0.4, 0.5) is 9.18 Å². The SMILES string of the molecule is NC(=O)OCCOc1cc(F)ccc1C=O. The summed E-state index contributed by atoms with van der Waals surface area (Å²) in [5.41, 5.74) is 4.94. The predicted molar refractivity (Wildman–Crippen MR) is 52.8 cm³/mol. The highest BCUT2D eigenvalue weighted by atomic mass is 19.1. The number of aldehydes is 1. The van der Waals surface area contributed by atoms with Crippen molar-refractivity contribution in [2.45, 2.75) is 0 Å². The fourth-order valence-corrected chi connectivity index (χ4v) is 1.02. The van der Waals surface area contributed by atoms with E-state index in [2.05, 4.69) is 4.74 Å². The minimum Gasteiger partial charge on any atom is -0.489 e. The molecule has 2 N–H and O–H groups in total. The number of nitrogens with two attached hydrogens (primary N) is 1. The standard InChI is InChI=1S/C10H10FNO4/c11-8-2-1-7(6-13)9(5-8)15-3-4-16-10(12)14/h1-2,5-6H,3-4H2,(H2,12,14). The van der Waals surface area contributed by atoms with Gasteiger partial charge in [0.1, 0.15) is 24.8 Å². The molecule has 0 radical (unpaired) electrons. The average Bonchev–Trinajstić information content (AvgIpc) is 2.24. The molecule has 0 aliphatic rings. The Morgan fingerprint density at radius 1 is 1.44 bits per heavy atom. The third-order valence-corrected chi connectivity index (χ3v) is 1.69. The molecular weight excluding hydrogens is 217 g/mol. The molecule has 5 nitrogen and oxygen atoms in total. The number of carbonyl (C=O) groups is 2. The lowest BCUT2D eigenvalue weighted by molar-refractivity contribution is 0.111. The number of hydrogen-bond acceptors (Lipinski definition) is 4. The molecule has 16 heavy (non-hydrogen) atoms. The van der Waals surface area contributed by atoms with Crippen LogP contribution in [0.2, 0.25) is 0 Å². The topological polar surface area (TPSA) is 78.6 Å². The Hall–Kier alpha value is -2.11. The van der Waals surface area contributed by atoms with Crippen LogP contribution in [0, 0.1) is 5.82 Å². The summed E-state index contributed by atoms with van der Waals surface area (Å²) in [4.78, 5) is 20.8. The van der Waals surface area contributed by atoms with Gasteiger partial charge in [-0.05, 0) is 12.1 Å². The fourth-order valence-electron chi connectivity index (χ4n) is 1.02. The van der Waals surface area contributed by atoms with E-state index in [9.17, 15) is 14.0 Å². The highest BCUT2D eigenvalue weighted by molar-refractivity contribution is 5.79. The molecule has 0 saturated heterocycles. The average molecular weight is 227 g/mol. The van der Waals surface area contributed by atoms with Crippen LogP contribution < -0.4 is 10.5 Å². The first-order chi connectivity index (χ1) is 7.63. The Labute approximate surface area is 90.9 Å². The Balaban J connectivity index is 2.55. The number of carbonyl (C=O) groups excluding carboxylic acids is 2. The van der Waals surface area contributed by atoms with E-state index in [1.807, 2.05) is 0 Å². The second-order valence-electron chi connectivity index (χ2n) is 2.82. The molecule has 0 fully saturated rings. The van der Waals surface area contributed by atoms with Crippen LogP contribution in [0.1, 0.15) is 10.4 Å². The van der Waals surface area contributed by atoms with E-state index >= 15 is 0 Å². The van der Waals surface area contributed by atoms with Crippen molar-refractivity contribution in [1.29, 1.82) is 0 Å². The minimum atomic E-state index is -0.918. The van der Waals surface area contributed by atoms with Crippen LogP contribution in [0.5, 0.6) is 5.75 Å². The predicted octanol–water partition coefficient (Wildman–Crippen LogP) is 1.11. The lowest BCUT2D eigenvalue weighted by atomic mass is 10.2. The van der Waals surface area contributed by atoms with E-state index in [4.69, 9.17) is 10.5 Å². The molecule has 6 heteroatoms. The maximum absolute atomic E-state index is 12.8. The molecule has 0 unspecified atom stereocenters. The largest absolute Gasteiger partial charge is 0.489 e. The monoisotopic (exact) mass is 227 g/mol. The van der Waals surface area contributed by atoms with Crippen molar-refractivity contribution in [3.63, 3.8) is 0 Å². The van der Waals surface area contributed by atoms with Gasteiger partial charge in [-0.3, -0.25) is 4.79 Å². The summed E-state index contributed by atoms with van der Waals surface area (Å²) < 4.78 is 22.3. The van der Waals surface area contributed by atoms with E-state index in [0.29, 0.717) is 6.29 Å². The van der Waals surface area contributed by atoms with Crippen LogP contribution >= 0.6 is 0 Å². The summed E-state index contributed by atoms with van der Waals surface area (Å²) in [6.45, 7) is -0.0720. The summed E-state index contributed by atoms with van der Waals surface area (Å²) in [6, 6.07) is 3.52. The van der Waals surface area contributed by atoms with Crippen LogP contribution in [0.15, 0.2) is 18.2 Å². The molecular formula is C10H10FNO4. The van der Waals surface area contributed by atoms with E-state index in [1.165, 1.54) is 6.07 Å². The van der Waals surface area contributed by atoms with Crippen LogP contribution in [0.25, 0.3) is 0 Å². The highest BCUT2D eigenvalue weighted by Crippen LogP contribution is 2.17. The lowest BCUT2D eigenvalue weighted by Gasteiger charge is -2.08. The van der Waals surface area contributed by atoms with E-state index in [0.717, 1.165) is 12.1 Å². The van der Waals surface area contributed by atoms with Gasteiger partial charge in [0.15, 0.2) is 6.29 Å². The molecule has 0 heterocycles. The molecule has 1 aromatic rings. The van der Waals surface area contributed by atoms with Crippen LogP contribution in [-0.2, 0) is 4.74 Å². The molecule has 0 atom stereocenters. The smallest absolute Gasteiger partial charge is 0.404 e. The number of halogens is 1. The zero-order valence-corrected chi connectivity index (χ0v) is 8.31. The van der Waals surface area contributed by atoms with E-state index < -0.39 is 11.9 Å². The normalized spacial score (nSPS) is 9.56. The number of primary amides is 1.